The highest BCUT2D eigenvalue weighted by Crippen LogP contribution is 2.27. The molecule has 1 fully saturated rings. The van der Waals surface area contributed by atoms with E-state index in [4.69, 9.17) is 4.74 Å². The standard InChI is InChI=1S/C17H14F3N5O2.ClH/c18-17(19,20)15-9-23-13(7-24-15)16(26)25-11-1-2-12(10(5-11)6-21)14-8-22-3-4-27-14;/h1-2,5,7,9,14,22H,3-4,8H2,(H,25,26);1H/t14-;/m1./s1. The summed E-state index contributed by atoms with van der Waals surface area (Å²) >= 11 is 0. The fourth-order valence-corrected chi connectivity index (χ4v) is 2.56. The van der Waals surface area contributed by atoms with Gasteiger partial charge in [-0.1, -0.05) is 6.07 Å². The molecular formula is C17H15ClF3N5O2. The first-order valence-electron chi connectivity index (χ1n) is 7.95. The molecule has 2 N–H and O–H groups in total. The number of rotatable bonds is 3. The molecule has 1 aromatic heterocycles. The molecule has 0 unspecified atom stereocenters. The zero-order valence-electron chi connectivity index (χ0n) is 14.3. The maximum absolute atomic E-state index is 12.5. The highest BCUT2D eigenvalue weighted by molar-refractivity contribution is 6.02. The summed E-state index contributed by atoms with van der Waals surface area (Å²) in [6.07, 6.45) is -3.65. The van der Waals surface area contributed by atoms with Gasteiger partial charge in [-0.15, -0.1) is 12.4 Å². The Morgan fingerprint density at radius 1 is 1.32 bits per heavy atom. The van der Waals surface area contributed by atoms with Crippen molar-refractivity contribution in [3.05, 3.63) is 53.1 Å². The fourth-order valence-electron chi connectivity index (χ4n) is 2.56. The monoisotopic (exact) mass is 413 g/mol. The third kappa shape index (κ3) is 4.95. The van der Waals surface area contributed by atoms with E-state index in [0.717, 1.165) is 12.7 Å². The van der Waals surface area contributed by atoms with E-state index >= 15 is 0 Å². The van der Waals surface area contributed by atoms with Crippen LogP contribution in [0.1, 0.15) is 33.4 Å². The number of hydrogen-bond donors (Lipinski definition) is 2. The molecule has 0 saturated carbocycles. The van der Waals surface area contributed by atoms with Crippen LogP contribution in [0.2, 0.25) is 0 Å². The average molecular weight is 414 g/mol. The van der Waals surface area contributed by atoms with Gasteiger partial charge in [0.1, 0.15) is 5.69 Å². The molecule has 0 bridgehead atoms. The second-order valence-electron chi connectivity index (χ2n) is 5.72. The summed E-state index contributed by atoms with van der Waals surface area (Å²) in [7, 11) is 0. The van der Waals surface area contributed by atoms with Gasteiger partial charge in [0, 0.05) is 18.8 Å². The Balaban J connectivity index is 0.00000280. The number of anilines is 1. The number of nitrogens with one attached hydrogen (secondary N) is 2. The lowest BCUT2D eigenvalue weighted by Crippen LogP contribution is -2.33. The lowest BCUT2D eigenvalue weighted by atomic mass is 10.0. The normalized spacial score (nSPS) is 16.6. The summed E-state index contributed by atoms with van der Waals surface area (Å²) in [6.45, 7) is 1.84. The molecule has 1 aliphatic rings. The van der Waals surface area contributed by atoms with Crippen LogP contribution in [-0.2, 0) is 10.9 Å². The molecule has 1 aliphatic heterocycles. The predicted molar refractivity (Wildman–Crippen MR) is 95.0 cm³/mol. The molecule has 1 atom stereocenters. The molecule has 2 aromatic rings. The summed E-state index contributed by atoms with van der Waals surface area (Å²) in [4.78, 5) is 18.8. The Kier molecular flexibility index (Phi) is 6.90. The largest absolute Gasteiger partial charge is 0.434 e. The van der Waals surface area contributed by atoms with Gasteiger partial charge in [0.15, 0.2) is 5.69 Å². The van der Waals surface area contributed by atoms with E-state index in [-0.39, 0.29) is 24.2 Å². The molecular weight excluding hydrogens is 399 g/mol. The van der Waals surface area contributed by atoms with Crippen LogP contribution in [0.3, 0.4) is 0 Å². The first-order valence-corrected chi connectivity index (χ1v) is 7.95. The molecule has 1 aromatic carbocycles. The molecule has 1 amide bonds. The highest BCUT2D eigenvalue weighted by Gasteiger charge is 2.33. The van der Waals surface area contributed by atoms with Gasteiger partial charge >= 0.3 is 6.18 Å². The van der Waals surface area contributed by atoms with E-state index in [9.17, 15) is 23.2 Å². The zero-order valence-corrected chi connectivity index (χ0v) is 15.1. The molecule has 148 valence electrons. The lowest BCUT2D eigenvalue weighted by molar-refractivity contribution is -0.141. The Labute approximate surface area is 164 Å². The van der Waals surface area contributed by atoms with Crippen LogP contribution in [0, 0.1) is 11.3 Å². The number of nitriles is 1. The zero-order chi connectivity index (χ0) is 19.4. The van der Waals surface area contributed by atoms with Crippen molar-refractivity contribution in [1.82, 2.24) is 15.3 Å². The van der Waals surface area contributed by atoms with E-state index < -0.39 is 17.8 Å². The van der Waals surface area contributed by atoms with Crippen LogP contribution < -0.4 is 10.6 Å². The lowest BCUT2D eigenvalue weighted by Gasteiger charge is -2.24. The maximum atomic E-state index is 12.5. The summed E-state index contributed by atoms with van der Waals surface area (Å²) in [5.74, 6) is -0.733. The van der Waals surface area contributed by atoms with Crippen molar-refractivity contribution < 1.29 is 22.7 Å². The Hall–Kier alpha value is -2.74. The van der Waals surface area contributed by atoms with Crippen molar-refractivity contribution in [1.29, 1.82) is 5.26 Å². The van der Waals surface area contributed by atoms with Gasteiger partial charge in [-0.2, -0.15) is 18.4 Å². The van der Waals surface area contributed by atoms with Crippen molar-refractivity contribution >= 4 is 24.0 Å². The average Bonchev–Trinajstić information content (AvgIpc) is 2.68. The number of nitrogens with zero attached hydrogens (tertiary/aromatic N) is 3. The molecule has 7 nitrogen and oxygen atoms in total. The Bertz CT molecular complexity index is 878. The van der Waals surface area contributed by atoms with Crippen LogP contribution >= 0.6 is 12.4 Å². The number of carbonyl (C=O) groups excluding carboxylic acids is 1. The second-order valence-corrected chi connectivity index (χ2v) is 5.72. The molecule has 3 rings (SSSR count). The Morgan fingerprint density at radius 2 is 2.11 bits per heavy atom. The SMILES string of the molecule is Cl.N#Cc1cc(NC(=O)c2cnc(C(F)(F)F)cn2)ccc1[C@H]1CNCCO1. The van der Waals surface area contributed by atoms with Crippen LogP contribution in [0.5, 0.6) is 0 Å². The van der Waals surface area contributed by atoms with Crippen LogP contribution in [0.4, 0.5) is 18.9 Å². The molecule has 0 radical (unpaired) electrons. The number of hydrogen-bond acceptors (Lipinski definition) is 6. The van der Waals surface area contributed by atoms with Gasteiger partial charge in [-0.3, -0.25) is 4.79 Å². The summed E-state index contributed by atoms with van der Waals surface area (Å²) in [5.41, 5.74) is -0.121. The molecule has 0 aliphatic carbocycles. The van der Waals surface area contributed by atoms with Gasteiger partial charge in [0.2, 0.25) is 0 Å². The smallest absolute Gasteiger partial charge is 0.371 e. The molecule has 2 heterocycles. The quantitative estimate of drug-likeness (QED) is 0.802. The minimum absolute atomic E-state index is 0. The van der Waals surface area contributed by atoms with Gasteiger partial charge in [0.25, 0.3) is 5.91 Å². The predicted octanol–water partition coefficient (Wildman–Crippen LogP) is 2.70. The van der Waals surface area contributed by atoms with E-state index in [1.165, 1.54) is 6.07 Å². The van der Waals surface area contributed by atoms with E-state index in [1.807, 2.05) is 0 Å². The number of halogens is 4. The highest BCUT2D eigenvalue weighted by atomic mass is 35.5. The van der Waals surface area contributed by atoms with Crippen LogP contribution in [0.25, 0.3) is 0 Å². The minimum Gasteiger partial charge on any atom is -0.371 e. The summed E-state index contributed by atoms with van der Waals surface area (Å²) in [5, 5.41) is 15.0. The van der Waals surface area contributed by atoms with Crippen molar-refractivity contribution in [3.63, 3.8) is 0 Å². The van der Waals surface area contributed by atoms with Crippen molar-refractivity contribution in [3.8, 4) is 6.07 Å². The summed E-state index contributed by atoms with van der Waals surface area (Å²) < 4.78 is 43.1. The minimum atomic E-state index is -4.63. The van der Waals surface area contributed by atoms with Crippen molar-refractivity contribution in [2.45, 2.75) is 12.3 Å². The first kappa shape index (κ1) is 21.6. The van der Waals surface area contributed by atoms with Gasteiger partial charge < -0.3 is 15.4 Å². The number of ether oxygens (including phenoxy) is 1. The molecule has 11 heteroatoms. The maximum Gasteiger partial charge on any atom is 0.434 e. The van der Waals surface area contributed by atoms with Gasteiger partial charge in [-0.25, -0.2) is 9.97 Å². The number of amides is 1. The van der Waals surface area contributed by atoms with Crippen molar-refractivity contribution in [2.24, 2.45) is 0 Å². The second kappa shape index (κ2) is 8.97. The first-order chi connectivity index (χ1) is 12.9. The third-order valence-corrected chi connectivity index (χ3v) is 3.88. The van der Waals surface area contributed by atoms with E-state index in [0.29, 0.717) is 36.2 Å². The van der Waals surface area contributed by atoms with E-state index in [1.54, 1.807) is 12.1 Å². The number of morpholine rings is 1. The van der Waals surface area contributed by atoms with Crippen LogP contribution in [-0.4, -0.2) is 35.6 Å². The fraction of sp³-hybridized carbons (Fsp3) is 0.294. The molecule has 1 saturated heterocycles. The van der Waals surface area contributed by atoms with Gasteiger partial charge in [-0.05, 0) is 17.7 Å². The molecule has 28 heavy (non-hydrogen) atoms. The van der Waals surface area contributed by atoms with Crippen molar-refractivity contribution in [2.75, 3.05) is 25.0 Å². The van der Waals surface area contributed by atoms with Crippen LogP contribution in [0.15, 0.2) is 30.6 Å². The Morgan fingerprint density at radius 3 is 2.68 bits per heavy atom. The number of carbonyl (C=O) groups is 1. The number of alkyl halides is 3. The topological polar surface area (TPSA) is 99.9 Å². The number of benzene rings is 1. The van der Waals surface area contributed by atoms with E-state index in [2.05, 4.69) is 26.7 Å². The molecule has 0 spiro atoms. The third-order valence-electron chi connectivity index (χ3n) is 3.88. The number of aromatic nitrogens is 2. The van der Waals surface area contributed by atoms with Gasteiger partial charge in [0.05, 0.1) is 36.7 Å². The summed E-state index contributed by atoms with van der Waals surface area (Å²) in [6, 6.07) is 6.79.